The first-order valence-electron chi connectivity index (χ1n) is 8.70. The Morgan fingerprint density at radius 1 is 1.08 bits per heavy atom. The van der Waals surface area contributed by atoms with Crippen molar-refractivity contribution in [2.75, 3.05) is 6.61 Å². The van der Waals surface area contributed by atoms with Crippen LogP contribution in [-0.4, -0.2) is 12.6 Å². The van der Waals surface area contributed by atoms with Gasteiger partial charge in [-0.1, -0.05) is 52.1 Å². The first kappa shape index (κ1) is 21.4. The first-order chi connectivity index (χ1) is 12.5. The maximum Gasteiger partial charge on any atom is 0.162 e. The monoisotopic (exact) mass is 459 g/mol. The topological polar surface area (TPSA) is 30.5 Å². The normalized spacial score (nSPS) is 12.1. The molecular formula is C20H24BrCl2NO2. The first-order valence-corrected chi connectivity index (χ1v) is 10.2. The van der Waals surface area contributed by atoms with Crippen LogP contribution in [0.5, 0.6) is 11.5 Å². The molecule has 2 rings (SSSR count). The standard InChI is InChI=1S/C20H24BrCl2NO2/c1-4-13(3)24-11-14-9-19(25-5-2)20(10-16(14)21)26-12-15-17(22)7-6-8-18(15)23/h6-10,13,24H,4-5,11-12H2,1-3H3. The highest BCUT2D eigenvalue weighted by molar-refractivity contribution is 9.10. The highest BCUT2D eigenvalue weighted by atomic mass is 79.9. The largest absolute Gasteiger partial charge is 0.490 e. The Balaban J connectivity index is 2.20. The molecule has 1 atom stereocenters. The van der Waals surface area contributed by atoms with Crippen LogP contribution >= 0.6 is 39.1 Å². The summed E-state index contributed by atoms with van der Waals surface area (Å²) in [5, 5.41) is 4.66. The molecule has 0 aliphatic rings. The average Bonchev–Trinajstić information content (AvgIpc) is 2.61. The molecule has 1 unspecified atom stereocenters. The van der Waals surface area contributed by atoms with Crippen molar-refractivity contribution in [1.29, 1.82) is 0 Å². The lowest BCUT2D eigenvalue weighted by Crippen LogP contribution is -2.24. The molecule has 0 saturated carbocycles. The molecule has 2 aromatic carbocycles. The van der Waals surface area contributed by atoms with E-state index >= 15 is 0 Å². The molecule has 6 heteroatoms. The molecule has 26 heavy (non-hydrogen) atoms. The van der Waals surface area contributed by atoms with Crippen molar-refractivity contribution in [3.8, 4) is 11.5 Å². The number of rotatable bonds is 9. The minimum Gasteiger partial charge on any atom is -0.490 e. The van der Waals surface area contributed by atoms with Gasteiger partial charge in [-0.2, -0.15) is 0 Å². The summed E-state index contributed by atoms with van der Waals surface area (Å²) in [5.41, 5.74) is 1.88. The van der Waals surface area contributed by atoms with E-state index in [-0.39, 0.29) is 6.61 Å². The van der Waals surface area contributed by atoms with Crippen molar-refractivity contribution in [2.45, 2.75) is 46.4 Å². The molecule has 0 amide bonds. The number of hydrogen-bond acceptors (Lipinski definition) is 3. The number of nitrogens with one attached hydrogen (secondary N) is 1. The Morgan fingerprint density at radius 2 is 1.73 bits per heavy atom. The molecule has 0 bridgehead atoms. The van der Waals surface area contributed by atoms with Crippen molar-refractivity contribution in [3.05, 3.63) is 56.0 Å². The van der Waals surface area contributed by atoms with Crippen LogP contribution in [0.2, 0.25) is 10.0 Å². The van der Waals surface area contributed by atoms with Gasteiger partial charge < -0.3 is 14.8 Å². The third kappa shape index (κ3) is 5.78. The summed E-state index contributed by atoms with van der Waals surface area (Å²) in [4.78, 5) is 0. The second-order valence-electron chi connectivity index (χ2n) is 6.00. The van der Waals surface area contributed by atoms with Gasteiger partial charge >= 0.3 is 0 Å². The van der Waals surface area contributed by atoms with Crippen LogP contribution in [0.25, 0.3) is 0 Å². The molecule has 3 nitrogen and oxygen atoms in total. The van der Waals surface area contributed by atoms with E-state index in [1.54, 1.807) is 12.1 Å². The van der Waals surface area contributed by atoms with E-state index in [0.29, 0.717) is 34.2 Å². The Labute approximate surface area is 174 Å². The van der Waals surface area contributed by atoms with Gasteiger partial charge in [0.1, 0.15) is 6.61 Å². The van der Waals surface area contributed by atoms with Gasteiger partial charge in [0.2, 0.25) is 0 Å². The van der Waals surface area contributed by atoms with Gasteiger partial charge in [-0.3, -0.25) is 0 Å². The summed E-state index contributed by atoms with van der Waals surface area (Å²) >= 11 is 16.1. The van der Waals surface area contributed by atoms with Crippen LogP contribution in [-0.2, 0) is 13.2 Å². The molecule has 0 fully saturated rings. The Kier molecular flexibility index (Phi) is 8.55. The molecule has 142 valence electrons. The van der Waals surface area contributed by atoms with E-state index in [1.807, 2.05) is 25.1 Å². The van der Waals surface area contributed by atoms with Crippen molar-refractivity contribution in [2.24, 2.45) is 0 Å². The van der Waals surface area contributed by atoms with Gasteiger partial charge in [0.05, 0.1) is 6.61 Å². The fourth-order valence-electron chi connectivity index (χ4n) is 2.34. The fourth-order valence-corrected chi connectivity index (χ4v) is 3.31. The summed E-state index contributed by atoms with van der Waals surface area (Å²) in [5.74, 6) is 1.36. The van der Waals surface area contributed by atoms with Crippen molar-refractivity contribution in [3.63, 3.8) is 0 Å². The second-order valence-corrected chi connectivity index (χ2v) is 7.67. The quantitative estimate of drug-likeness (QED) is 0.455. The van der Waals surface area contributed by atoms with Crippen molar-refractivity contribution >= 4 is 39.1 Å². The van der Waals surface area contributed by atoms with Crippen LogP contribution in [0.1, 0.15) is 38.3 Å². The van der Waals surface area contributed by atoms with Crippen LogP contribution in [0, 0.1) is 0 Å². The molecular weight excluding hydrogens is 437 g/mol. The number of halogens is 3. The lowest BCUT2D eigenvalue weighted by molar-refractivity contribution is 0.269. The van der Waals surface area contributed by atoms with Gasteiger partial charge in [-0.05, 0) is 50.1 Å². The van der Waals surface area contributed by atoms with Gasteiger partial charge in [0.15, 0.2) is 11.5 Å². The van der Waals surface area contributed by atoms with Crippen LogP contribution in [0.15, 0.2) is 34.8 Å². The minimum atomic E-state index is 0.273. The van der Waals surface area contributed by atoms with Crippen molar-refractivity contribution in [1.82, 2.24) is 5.32 Å². The molecule has 0 radical (unpaired) electrons. The van der Waals surface area contributed by atoms with E-state index in [4.69, 9.17) is 32.7 Å². The molecule has 0 saturated heterocycles. The smallest absolute Gasteiger partial charge is 0.162 e. The SMILES string of the molecule is CCOc1cc(CNC(C)CC)c(Br)cc1OCc1c(Cl)cccc1Cl. The summed E-state index contributed by atoms with van der Waals surface area (Å²) < 4.78 is 12.7. The zero-order valence-corrected chi connectivity index (χ0v) is 18.3. The molecule has 1 N–H and O–H groups in total. The average molecular weight is 461 g/mol. The van der Waals surface area contributed by atoms with Crippen LogP contribution < -0.4 is 14.8 Å². The lowest BCUT2D eigenvalue weighted by atomic mass is 10.1. The van der Waals surface area contributed by atoms with Gasteiger partial charge in [-0.15, -0.1) is 0 Å². The molecule has 0 aliphatic heterocycles. The Morgan fingerprint density at radius 3 is 2.35 bits per heavy atom. The zero-order chi connectivity index (χ0) is 19.1. The number of hydrogen-bond donors (Lipinski definition) is 1. The maximum atomic E-state index is 6.22. The van der Waals surface area contributed by atoms with E-state index in [0.717, 1.165) is 28.6 Å². The van der Waals surface area contributed by atoms with Gasteiger partial charge in [-0.25, -0.2) is 0 Å². The summed E-state index contributed by atoms with van der Waals surface area (Å²) in [6, 6.07) is 9.81. The van der Waals surface area contributed by atoms with E-state index in [9.17, 15) is 0 Å². The highest BCUT2D eigenvalue weighted by Gasteiger charge is 2.13. The predicted octanol–water partition coefficient (Wildman–Crippen LogP) is 6.62. The lowest BCUT2D eigenvalue weighted by Gasteiger charge is -2.17. The van der Waals surface area contributed by atoms with E-state index in [2.05, 4.69) is 35.1 Å². The second kappa shape index (κ2) is 10.4. The molecule has 0 spiro atoms. The predicted molar refractivity (Wildman–Crippen MR) is 113 cm³/mol. The summed E-state index contributed by atoms with van der Waals surface area (Å²) in [6.07, 6.45) is 1.08. The summed E-state index contributed by atoms with van der Waals surface area (Å²) in [7, 11) is 0. The van der Waals surface area contributed by atoms with Gasteiger partial charge in [0, 0.05) is 32.7 Å². The van der Waals surface area contributed by atoms with Crippen molar-refractivity contribution < 1.29 is 9.47 Å². The maximum absolute atomic E-state index is 6.22. The Hall–Kier alpha value is -0.940. The van der Waals surface area contributed by atoms with E-state index in [1.165, 1.54) is 0 Å². The third-order valence-corrected chi connectivity index (χ3v) is 5.55. The van der Waals surface area contributed by atoms with Gasteiger partial charge in [0.25, 0.3) is 0 Å². The third-order valence-electron chi connectivity index (χ3n) is 4.10. The van der Waals surface area contributed by atoms with Crippen LogP contribution in [0.4, 0.5) is 0 Å². The minimum absolute atomic E-state index is 0.273. The summed E-state index contributed by atoms with van der Waals surface area (Å²) in [6.45, 7) is 7.87. The zero-order valence-electron chi connectivity index (χ0n) is 15.2. The molecule has 0 aliphatic carbocycles. The molecule has 0 aromatic heterocycles. The number of ether oxygens (including phenoxy) is 2. The molecule has 2 aromatic rings. The highest BCUT2D eigenvalue weighted by Crippen LogP contribution is 2.35. The Bertz CT molecular complexity index is 720. The van der Waals surface area contributed by atoms with Crippen LogP contribution in [0.3, 0.4) is 0 Å². The number of benzene rings is 2. The molecule has 0 heterocycles. The fraction of sp³-hybridized carbons (Fsp3) is 0.400. The van der Waals surface area contributed by atoms with E-state index < -0.39 is 0 Å².